The van der Waals surface area contributed by atoms with E-state index in [9.17, 15) is 9.90 Å². The molecule has 1 aromatic heterocycles. The van der Waals surface area contributed by atoms with Gasteiger partial charge in [0.05, 0.1) is 17.7 Å². The van der Waals surface area contributed by atoms with Crippen LogP contribution in [-0.4, -0.2) is 35.8 Å². The number of rotatable bonds is 4. The quantitative estimate of drug-likeness (QED) is 0.894. The van der Waals surface area contributed by atoms with E-state index in [2.05, 4.69) is 10.3 Å². The standard InChI is InChI=1S/C15H16N2O3/c18-15(19)12-7-14(16-8-10-5-6-20-9-10)17-13-4-2-1-3-11(12)13/h1-4,7,10H,5-6,8-9H2,(H,16,17)(H,18,19). The number of carboxylic acids is 1. The van der Waals surface area contributed by atoms with E-state index in [1.54, 1.807) is 12.1 Å². The van der Waals surface area contributed by atoms with Crippen LogP contribution in [0, 0.1) is 5.92 Å². The predicted molar refractivity (Wildman–Crippen MR) is 76.1 cm³/mol. The highest BCUT2D eigenvalue weighted by atomic mass is 16.5. The van der Waals surface area contributed by atoms with E-state index in [1.165, 1.54) is 0 Å². The number of nitrogens with one attached hydrogen (secondary N) is 1. The largest absolute Gasteiger partial charge is 0.478 e. The Morgan fingerprint density at radius 2 is 2.30 bits per heavy atom. The van der Waals surface area contributed by atoms with Crippen LogP contribution in [0.15, 0.2) is 30.3 Å². The molecule has 0 aliphatic carbocycles. The molecule has 1 saturated heterocycles. The lowest BCUT2D eigenvalue weighted by Gasteiger charge is -2.12. The molecule has 5 nitrogen and oxygen atoms in total. The lowest BCUT2D eigenvalue weighted by atomic mass is 10.1. The second-order valence-corrected chi connectivity index (χ2v) is 4.99. The highest BCUT2D eigenvalue weighted by Gasteiger charge is 2.16. The van der Waals surface area contributed by atoms with Crippen molar-refractivity contribution in [3.05, 3.63) is 35.9 Å². The summed E-state index contributed by atoms with van der Waals surface area (Å²) in [5.74, 6) is 0.139. The third-order valence-corrected chi connectivity index (χ3v) is 3.54. The molecule has 1 fully saturated rings. The van der Waals surface area contributed by atoms with Crippen molar-refractivity contribution in [2.45, 2.75) is 6.42 Å². The number of anilines is 1. The summed E-state index contributed by atoms with van der Waals surface area (Å²) in [7, 11) is 0. The molecule has 1 aromatic carbocycles. The maximum Gasteiger partial charge on any atom is 0.336 e. The van der Waals surface area contributed by atoms with Crippen molar-refractivity contribution in [1.29, 1.82) is 0 Å². The summed E-state index contributed by atoms with van der Waals surface area (Å²) in [6.45, 7) is 2.31. The molecule has 2 aromatic rings. The van der Waals surface area contributed by atoms with Gasteiger partial charge in [-0.3, -0.25) is 0 Å². The monoisotopic (exact) mass is 272 g/mol. The molecule has 1 unspecified atom stereocenters. The molecule has 0 radical (unpaired) electrons. The van der Waals surface area contributed by atoms with Crippen molar-refractivity contribution in [2.75, 3.05) is 25.1 Å². The lowest BCUT2D eigenvalue weighted by molar-refractivity contribution is 0.0699. The zero-order valence-electron chi connectivity index (χ0n) is 11.0. The summed E-state index contributed by atoms with van der Waals surface area (Å²) >= 11 is 0. The fourth-order valence-electron chi connectivity index (χ4n) is 2.44. The van der Waals surface area contributed by atoms with Crippen molar-refractivity contribution < 1.29 is 14.6 Å². The van der Waals surface area contributed by atoms with Crippen molar-refractivity contribution in [2.24, 2.45) is 5.92 Å². The Morgan fingerprint density at radius 1 is 1.45 bits per heavy atom. The number of nitrogens with zero attached hydrogens (tertiary/aromatic N) is 1. The SMILES string of the molecule is O=C(O)c1cc(NCC2CCOC2)nc2ccccc12. The molecule has 0 saturated carbocycles. The molecule has 0 spiro atoms. The molecule has 20 heavy (non-hydrogen) atoms. The second kappa shape index (κ2) is 5.46. The van der Waals surface area contributed by atoms with Crippen molar-refractivity contribution in [3.8, 4) is 0 Å². The third kappa shape index (κ3) is 2.58. The number of fused-ring (bicyclic) bond motifs is 1. The van der Waals surface area contributed by atoms with Gasteiger partial charge in [-0.2, -0.15) is 0 Å². The smallest absolute Gasteiger partial charge is 0.336 e. The van der Waals surface area contributed by atoms with Crippen molar-refractivity contribution in [3.63, 3.8) is 0 Å². The van der Waals surface area contributed by atoms with Crippen LogP contribution < -0.4 is 5.32 Å². The normalized spacial score (nSPS) is 18.3. The molecule has 1 atom stereocenters. The topological polar surface area (TPSA) is 71.5 Å². The molecule has 3 rings (SSSR count). The van der Waals surface area contributed by atoms with Gasteiger partial charge in [-0.1, -0.05) is 18.2 Å². The van der Waals surface area contributed by atoms with E-state index >= 15 is 0 Å². The number of hydrogen-bond acceptors (Lipinski definition) is 4. The number of para-hydroxylation sites is 1. The first-order valence-corrected chi connectivity index (χ1v) is 6.69. The van der Waals surface area contributed by atoms with Gasteiger partial charge in [-0.05, 0) is 18.6 Å². The minimum Gasteiger partial charge on any atom is -0.478 e. The number of aromatic carboxylic acids is 1. The van der Waals surface area contributed by atoms with Crippen LogP contribution in [0.1, 0.15) is 16.8 Å². The predicted octanol–water partition coefficient (Wildman–Crippen LogP) is 2.38. The van der Waals surface area contributed by atoms with Gasteiger partial charge < -0.3 is 15.2 Å². The van der Waals surface area contributed by atoms with Gasteiger partial charge in [0.2, 0.25) is 0 Å². The van der Waals surface area contributed by atoms with Gasteiger partial charge in [-0.15, -0.1) is 0 Å². The lowest BCUT2D eigenvalue weighted by Crippen LogP contribution is -2.15. The van der Waals surface area contributed by atoms with E-state index in [-0.39, 0.29) is 5.56 Å². The molecule has 2 N–H and O–H groups in total. The van der Waals surface area contributed by atoms with Gasteiger partial charge in [-0.25, -0.2) is 9.78 Å². The number of carboxylic acid groups (broad SMARTS) is 1. The Bertz CT molecular complexity index is 636. The van der Waals surface area contributed by atoms with Crippen LogP contribution in [0.3, 0.4) is 0 Å². The zero-order valence-corrected chi connectivity index (χ0v) is 11.0. The fourth-order valence-corrected chi connectivity index (χ4v) is 2.44. The van der Waals surface area contributed by atoms with E-state index in [0.717, 1.165) is 26.2 Å². The van der Waals surface area contributed by atoms with Crippen LogP contribution in [0.25, 0.3) is 10.9 Å². The number of hydrogen-bond donors (Lipinski definition) is 2. The molecule has 0 amide bonds. The van der Waals surface area contributed by atoms with E-state index in [1.807, 2.05) is 18.2 Å². The average molecular weight is 272 g/mol. The number of carbonyl (C=O) groups is 1. The minimum atomic E-state index is -0.934. The summed E-state index contributed by atoms with van der Waals surface area (Å²) in [6, 6.07) is 8.88. The minimum absolute atomic E-state index is 0.278. The van der Waals surface area contributed by atoms with E-state index in [0.29, 0.717) is 22.6 Å². The van der Waals surface area contributed by atoms with Gasteiger partial charge in [0.25, 0.3) is 0 Å². The van der Waals surface area contributed by atoms with Crippen LogP contribution in [0.5, 0.6) is 0 Å². The first kappa shape index (κ1) is 12.9. The van der Waals surface area contributed by atoms with Crippen molar-refractivity contribution >= 4 is 22.7 Å². The molecule has 104 valence electrons. The molecule has 5 heteroatoms. The first-order chi connectivity index (χ1) is 9.74. The fraction of sp³-hybridized carbons (Fsp3) is 0.333. The Balaban J connectivity index is 1.88. The van der Waals surface area contributed by atoms with Crippen LogP contribution >= 0.6 is 0 Å². The van der Waals surface area contributed by atoms with Crippen LogP contribution in [-0.2, 0) is 4.74 Å². The Labute approximate surface area is 116 Å². The van der Waals surface area contributed by atoms with E-state index < -0.39 is 5.97 Å². The average Bonchev–Trinajstić information content (AvgIpc) is 2.97. The van der Waals surface area contributed by atoms with E-state index in [4.69, 9.17) is 4.74 Å². The Kier molecular flexibility index (Phi) is 3.52. The summed E-state index contributed by atoms with van der Waals surface area (Å²) in [5.41, 5.74) is 0.971. The Hall–Kier alpha value is -2.14. The summed E-state index contributed by atoms with van der Waals surface area (Å²) in [5, 5.41) is 13.2. The maximum atomic E-state index is 11.4. The molecule has 2 heterocycles. The van der Waals surface area contributed by atoms with Gasteiger partial charge in [0.1, 0.15) is 5.82 Å². The van der Waals surface area contributed by atoms with Gasteiger partial charge >= 0.3 is 5.97 Å². The first-order valence-electron chi connectivity index (χ1n) is 6.69. The molecular weight excluding hydrogens is 256 g/mol. The summed E-state index contributed by atoms with van der Waals surface area (Å²) in [6.07, 6.45) is 1.03. The number of pyridine rings is 1. The number of benzene rings is 1. The molecule has 1 aliphatic heterocycles. The zero-order chi connectivity index (χ0) is 13.9. The van der Waals surface area contributed by atoms with Crippen LogP contribution in [0.4, 0.5) is 5.82 Å². The second-order valence-electron chi connectivity index (χ2n) is 4.99. The van der Waals surface area contributed by atoms with Gasteiger partial charge in [0.15, 0.2) is 0 Å². The number of aromatic nitrogens is 1. The highest BCUT2D eigenvalue weighted by molar-refractivity contribution is 6.03. The number of ether oxygens (including phenoxy) is 1. The maximum absolute atomic E-state index is 11.4. The molecular formula is C15H16N2O3. The Morgan fingerprint density at radius 3 is 3.05 bits per heavy atom. The van der Waals surface area contributed by atoms with Gasteiger partial charge in [0, 0.05) is 24.5 Å². The molecule has 0 bridgehead atoms. The summed E-state index contributed by atoms with van der Waals surface area (Å²) < 4.78 is 5.32. The summed E-state index contributed by atoms with van der Waals surface area (Å²) in [4.78, 5) is 15.8. The third-order valence-electron chi connectivity index (χ3n) is 3.54. The molecule has 1 aliphatic rings. The highest BCUT2D eigenvalue weighted by Crippen LogP contribution is 2.21. The van der Waals surface area contributed by atoms with Crippen LogP contribution in [0.2, 0.25) is 0 Å². The van der Waals surface area contributed by atoms with Crippen molar-refractivity contribution in [1.82, 2.24) is 4.98 Å².